The molecule has 2 aromatic carbocycles. The normalized spacial score (nSPS) is 15.3. The van der Waals surface area contributed by atoms with Crippen molar-refractivity contribution in [2.45, 2.75) is 12.5 Å². The molecule has 0 bridgehead atoms. The molecule has 0 unspecified atom stereocenters. The maximum atomic E-state index is 12.6. The van der Waals surface area contributed by atoms with Crippen LogP contribution < -0.4 is 10.2 Å². The first-order chi connectivity index (χ1) is 16.6. The number of anilines is 1. The largest absolute Gasteiger partial charge is 0.506 e. The number of imidazole rings is 1. The minimum atomic E-state index is -0.291. The fourth-order valence-corrected chi connectivity index (χ4v) is 3.95. The van der Waals surface area contributed by atoms with E-state index in [9.17, 15) is 14.3 Å². The van der Waals surface area contributed by atoms with E-state index in [0.29, 0.717) is 17.5 Å². The van der Waals surface area contributed by atoms with Gasteiger partial charge in [-0.2, -0.15) is 0 Å². The Kier molecular flexibility index (Phi) is 5.82. The van der Waals surface area contributed by atoms with Crippen molar-refractivity contribution < 1.29 is 18.7 Å². The molecule has 2 N–H and O–H groups in total. The predicted octanol–water partition coefficient (Wildman–Crippen LogP) is 4.02. The number of aromatic nitrogens is 3. The number of carbonyl (C=O) groups excluding carboxylic acids is 1. The summed E-state index contributed by atoms with van der Waals surface area (Å²) < 4.78 is 18.9. The van der Waals surface area contributed by atoms with E-state index in [0.717, 1.165) is 24.4 Å². The lowest BCUT2D eigenvalue weighted by atomic mass is 10.1. The summed E-state index contributed by atoms with van der Waals surface area (Å²) in [5, 5.41) is 18.4. The number of hydrogen-bond acceptors (Lipinski definition) is 6. The van der Waals surface area contributed by atoms with Crippen LogP contribution in [-0.2, 0) is 0 Å². The molecule has 1 fully saturated rings. The first kappa shape index (κ1) is 21.4. The van der Waals surface area contributed by atoms with E-state index < -0.39 is 0 Å². The molecule has 1 aliphatic rings. The number of hydrogen-bond donors (Lipinski definition) is 2. The highest BCUT2D eigenvalue weighted by Crippen LogP contribution is 2.29. The van der Waals surface area contributed by atoms with Crippen molar-refractivity contribution in [1.29, 1.82) is 0 Å². The van der Waals surface area contributed by atoms with E-state index >= 15 is 0 Å². The monoisotopic (exact) mass is 459 g/mol. The molecule has 0 spiro atoms. The van der Waals surface area contributed by atoms with Crippen molar-refractivity contribution in [2.24, 2.45) is 0 Å². The fraction of sp³-hybridized carbons (Fsp3) is 0.160. The van der Waals surface area contributed by atoms with Gasteiger partial charge in [0.25, 0.3) is 5.91 Å². The zero-order valence-electron chi connectivity index (χ0n) is 18.1. The summed E-state index contributed by atoms with van der Waals surface area (Å²) in [5.74, 6) is 0.323. The number of furan rings is 1. The maximum Gasteiger partial charge on any atom is 0.255 e. The van der Waals surface area contributed by atoms with E-state index in [2.05, 4.69) is 20.3 Å². The standard InChI is InChI=1S/C19H17N5O3.C6H5F/c25-18-13-6-10-27-15(13)2-1-14(18)19(26)21-12-5-8-23(11-12)17-4-3-16-20-7-9-24(16)22-17;7-6-4-2-1-3-5-6/h1-4,6-7,9-10,12,25H,5,8,11H2,(H,21,26);1-5H/t12-;/m0./s1. The first-order valence-corrected chi connectivity index (χ1v) is 10.8. The van der Waals surface area contributed by atoms with Crippen LogP contribution in [-0.4, -0.2) is 44.7 Å². The molecule has 0 aliphatic carbocycles. The zero-order valence-corrected chi connectivity index (χ0v) is 18.1. The van der Waals surface area contributed by atoms with Crippen LogP contribution in [0.1, 0.15) is 16.8 Å². The third-order valence-electron chi connectivity index (χ3n) is 5.67. The van der Waals surface area contributed by atoms with Crippen molar-refractivity contribution in [3.05, 3.63) is 90.7 Å². The minimum Gasteiger partial charge on any atom is -0.506 e. The molecule has 1 saturated heterocycles. The van der Waals surface area contributed by atoms with Crippen LogP contribution in [0, 0.1) is 5.82 Å². The smallest absolute Gasteiger partial charge is 0.255 e. The number of benzene rings is 2. The Balaban J connectivity index is 0.000000297. The van der Waals surface area contributed by atoms with Crippen molar-refractivity contribution in [3.63, 3.8) is 0 Å². The van der Waals surface area contributed by atoms with Gasteiger partial charge in [-0.25, -0.2) is 13.9 Å². The molecule has 6 rings (SSSR count). The Morgan fingerprint density at radius 3 is 2.76 bits per heavy atom. The Morgan fingerprint density at radius 1 is 1.12 bits per heavy atom. The Hall–Kier alpha value is -4.40. The van der Waals surface area contributed by atoms with Gasteiger partial charge in [0, 0.05) is 31.5 Å². The Labute approximate surface area is 194 Å². The van der Waals surface area contributed by atoms with Crippen molar-refractivity contribution in [3.8, 4) is 5.75 Å². The number of halogens is 1. The number of aromatic hydroxyl groups is 1. The fourth-order valence-electron chi connectivity index (χ4n) is 3.95. The van der Waals surface area contributed by atoms with Gasteiger partial charge in [0.2, 0.25) is 0 Å². The molecule has 1 aliphatic heterocycles. The van der Waals surface area contributed by atoms with Crippen molar-refractivity contribution in [2.75, 3.05) is 18.0 Å². The second-order valence-corrected chi connectivity index (χ2v) is 7.92. The number of amides is 1. The molecule has 34 heavy (non-hydrogen) atoms. The quantitative estimate of drug-likeness (QED) is 0.423. The van der Waals surface area contributed by atoms with Gasteiger partial charge in [-0.3, -0.25) is 4.79 Å². The van der Waals surface area contributed by atoms with Gasteiger partial charge < -0.3 is 19.7 Å². The number of phenolic OH excluding ortho intramolecular Hbond substituents is 1. The molecule has 1 atom stereocenters. The number of nitrogens with one attached hydrogen (secondary N) is 1. The van der Waals surface area contributed by atoms with Crippen LogP contribution in [0.4, 0.5) is 10.2 Å². The van der Waals surface area contributed by atoms with E-state index in [4.69, 9.17) is 4.42 Å². The van der Waals surface area contributed by atoms with Crippen molar-refractivity contribution >= 4 is 28.3 Å². The Morgan fingerprint density at radius 2 is 1.97 bits per heavy atom. The van der Waals surface area contributed by atoms with Crippen LogP contribution >= 0.6 is 0 Å². The molecule has 0 radical (unpaired) electrons. The molecular formula is C25H22FN5O3. The number of nitrogens with zero attached hydrogens (tertiary/aromatic N) is 4. The summed E-state index contributed by atoms with van der Waals surface area (Å²) in [6, 6.07) is 16.7. The average Bonchev–Trinajstić information content (AvgIpc) is 3.60. The SMILES string of the molecule is Fc1ccccc1.O=C(N[C@H]1CCN(c2ccc3nccn3n2)C1)c1ccc2occc2c1O. The zero-order chi connectivity index (χ0) is 23.5. The molecule has 8 nitrogen and oxygen atoms in total. The van der Waals surface area contributed by atoms with E-state index in [1.54, 1.807) is 47.1 Å². The number of rotatable bonds is 3. The lowest BCUT2D eigenvalue weighted by Crippen LogP contribution is -2.37. The van der Waals surface area contributed by atoms with Crippen molar-refractivity contribution in [1.82, 2.24) is 19.9 Å². The highest BCUT2D eigenvalue weighted by atomic mass is 19.1. The van der Waals surface area contributed by atoms with Gasteiger partial charge in [-0.05, 0) is 48.9 Å². The van der Waals surface area contributed by atoms with E-state index in [1.165, 1.54) is 18.4 Å². The number of phenols is 1. The van der Waals surface area contributed by atoms with Crippen LogP contribution in [0.2, 0.25) is 0 Å². The number of fused-ring (bicyclic) bond motifs is 2. The maximum absolute atomic E-state index is 12.6. The summed E-state index contributed by atoms with van der Waals surface area (Å²) in [5.41, 5.74) is 1.60. The van der Waals surface area contributed by atoms with Gasteiger partial charge >= 0.3 is 0 Å². The summed E-state index contributed by atoms with van der Waals surface area (Å²) in [6.45, 7) is 1.46. The molecule has 4 heterocycles. The molecule has 1 amide bonds. The van der Waals surface area contributed by atoms with E-state index in [-0.39, 0.29) is 29.1 Å². The summed E-state index contributed by atoms with van der Waals surface area (Å²) in [7, 11) is 0. The van der Waals surface area contributed by atoms with Gasteiger partial charge in [-0.1, -0.05) is 18.2 Å². The molecular weight excluding hydrogens is 437 g/mol. The predicted molar refractivity (Wildman–Crippen MR) is 125 cm³/mol. The first-order valence-electron chi connectivity index (χ1n) is 10.8. The van der Waals surface area contributed by atoms with Gasteiger partial charge in [-0.15, -0.1) is 5.10 Å². The highest BCUT2D eigenvalue weighted by Gasteiger charge is 2.26. The summed E-state index contributed by atoms with van der Waals surface area (Å²) in [4.78, 5) is 18.9. The van der Waals surface area contributed by atoms with Crippen LogP contribution in [0.15, 0.2) is 83.7 Å². The second-order valence-electron chi connectivity index (χ2n) is 7.92. The van der Waals surface area contributed by atoms with Gasteiger partial charge in [0.15, 0.2) is 5.65 Å². The van der Waals surface area contributed by atoms with E-state index in [1.807, 2.05) is 18.3 Å². The lowest BCUT2D eigenvalue weighted by Gasteiger charge is -2.18. The van der Waals surface area contributed by atoms with Crippen LogP contribution in [0.5, 0.6) is 5.75 Å². The van der Waals surface area contributed by atoms with Gasteiger partial charge in [0.1, 0.15) is 23.0 Å². The minimum absolute atomic E-state index is 0.0165. The van der Waals surface area contributed by atoms with Crippen LogP contribution in [0.25, 0.3) is 16.6 Å². The molecule has 172 valence electrons. The molecule has 0 saturated carbocycles. The Bertz CT molecular complexity index is 1430. The number of carbonyl (C=O) groups is 1. The third-order valence-corrected chi connectivity index (χ3v) is 5.67. The molecule has 3 aromatic heterocycles. The van der Waals surface area contributed by atoms with Crippen LogP contribution in [0.3, 0.4) is 0 Å². The third kappa shape index (κ3) is 4.40. The topological polar surface area (TPSA) is 95.9 Å². The van der Waals surface area contributed by atoms with Gasteiger partial charge in [0.05, 0.1) is 17.2 Å². The average molecular weight is 459 g/mol. The molecule has 9 heteroatoms. The summed E-state index contributed by atoms with van der Waals surface area (Å²) in [6.07, 6.45) is 5.82. The molecule has 5 aromatic rings. The lowest BCUT2D eigenvalue weighted by molar-refractivity contribution is 0.0938. The summed E-state index contributed by atoms with van der Waals surface area (Å²) >= 11 is 0. The highest BCUT2D eigenvalue weighted by molar-refractivity contribution is 6.02. The second kappa shape index (κ2) is 9.22.